The topological polar surface area (TPSA) is 24.9 Å². The van der Waals surface area contributed by atoms with Crippen LogP contribution in [0.25, 0.3) is 22.0 Å². The zero-order valence-corrected chi connectivity index (χ0v) is 25.7. The van der Waals surface area contributed by atoms with Gasteiger partial charge in [0.2, 0.25) is 0 Å². The van der Waals surface area contributed by atoms with Gasteiger partial charge in [-0.2, -0.15) is 0 Å². The van der Waals surface area contributed by atoms with E-state index in [4.69, 9.17) is 4.98 Å². The molecule has 5 aromatic rings. The van der Waals surface area contributed by atoms with Gasteiger partial charge in [-0.1, -0.05) is 131 Å². The number of para-hydroxylation sites is 1. The van der Waals surface area contributed by atoms with Crippen LogP contribution in [0.15, 0.2) is 103 Å². The van der Waals surface area contributed by atoms with Gasteiger partial charge in [-0.15, -0.1) is 0 Å². The van der Waals surface area contributed by atoms with Crippen molar-refractivity contribution in [3.05, 3.63) is 131 Å². The van der Waals surface area contributed by atoms with Gasteiger partial charge in [-0.3, -0.25) is 4.98 Å². The van der Waals surface area contributed by atoms with E-state index in [1.54, 1.807) is 0 Å². The molecule has 2 aliphatic rings. The second-order valence-electron chi connectivity index (χ2n) is 13.1. The summed E-state index contributed by atoms with van der Waals surface area (Å²) >= 11 is 0. The molecule has 1 N–H and O–H groups in total. The number of benzene rings is 4. The zero-order valence-electron chi connectivity index (χ0n) is 25.7. The monoisotopic (exact) mass is 564 g/mol. The number of pyridine rings is 1. The molecule has 0 saturated heterocycles. The largest absolute Gasteiger partial charge is 0.372 e. The molecule has 2 saturated carbocycles. The fraction of sp³-hybridized carbons (Fsp3) is 0.341. The van der Waals surface area contributed by atoms with Gasteiger partial charge in [0, 0.05) is 11.3 Å². The average Bonchev–Trinajstić information content (AvgIpc) is 3.79. The number of fused-ring (bicyclic) bond motifs is 1. The molecule has 43 heavy (non-hydrogen) atoms. The summed E-state index contributed by atoms with van der Waals surface area (Å²) in [5.41, 5.74) is 10.5. The van der Waals surface area contributed by atoms with E-state index in [1.165, 1.54) is 95.6 Å². The Morgan fingerprint density at radius 1 is 0.605 bits per heavy atom. The molecule has 218 valence electrons. The Kier molecular flexibility index (Phi) is 8.02. The number of rotatable bonds is 8. The van der Waals surface area contributed by atoms with Crippen LogP contribution in [0.2, 0.25) is 0 Å². The second-order valence-corrected chi connectivity index (χ2v) is 13.1. The maximum atomic E-state index is 5.46. The van der Waals surface area contributed by atoms with E-state index in [1.807, 2.05) is 0 Å². The zero-order chi connectivity index (χ0) is 29.2. The average molecular weight is 565 g/mol. The molecule has 0 aliphatic heterocycles. The highest BCUT2D eigenvalue weighted by atomic mass is 15.0. The van der Waals surface area contributed by atoms with Gasteiger partial charge in [0.05, 0.1) is 17.4 Å². The van der Waals surface area contributed by atoms with Crippen LogP contribution in [0.4, 0.5) is 5.69 Å². The molecule has 1 atom stereocenters. The summed E-state index contributed by atoms with van der Waals surface area (Å²) < 4.78 is 0. The third kappa shape index (κ3) is 5.60. The van der Waals surface area contributed by atoms with Crippen molar-refractivity contribution >= 4 is 16.5 Å². The lowest BCUT2D eigenvalue weighted by atomic mass is 9.86. The first-order chi connectivity index (χ1) is 21.2. The lowest BCUT2D eigenvalue weighted by Gasteiger charge is -2.29. The molecular formula is C41H44N2. The van der Waals surface area contributed by atoms with Crippen molar-refractivity contribution in [2.45, 2.75) is 89.0 Å². The SMILES string of the molecule is CC(C)c1ccccc1C(Nc1c(C2CCCC2)cccc1C1CCCC1)c1cccc(-c2cccc3ccccc23)n1. The van der Waals surface area contributed by atoms with Gasteiger partial charge >= 0.3 is 0 Å². The molecule has 1 aromatic heterocycles. The number of nitrogens with zero attached hydrogens (tertiary/aromatic N) is 1. The minimum absolute atomic E-state index is 0.0452. The van der Waals surface area contributed by atoms with E-state index in [0.717, 1.165) is 11.4 Å². The smallest absolute Gasteiger partial charge is 0.0943 e. The highest BCUT2D eigenvalue weighted by molar-refractivity contribution is 5.95. The van der Waals surface area contributed by atoms with Crippen LogP contribution in [0.1, 0.15) is 117 Å². The standard InChI is InChI=1S/C41H44N2/c1-28(2)32-20-9-10-22-37(32)41(39-27-13-26-38(42-39)36-25-11-19-29-14-7-8-21-33(29)36)43-40-34(30-15-3-4-16-30)23-12-24-35(40)31-17-5-6-18-31/h7-14,19-28,30-31,41,43H,3-6,15-18H2,1-2H3. The van der Waals surface area contributed by atoms with Crippen molar-refractivity contribution in [2.24, 2.45) is 0 Å². The van der Waals surface area contributed by atoms with Gasteiger partial charge in [0.1, 0.15) is 0 Å². The third-order valence-electron chi connectivity index (χ3n) is 10.1. The van der Waals surface area contributed by atoms with Gasteiger partial charge in [-0.25, -0.2) is 0 Å². The molecule has 2 aliphatic carbocycles. The van der Waals surface area contributed by atoms with Crippen LogP contribution in [-0.4, -0.2) is 4.98 Å². The highest BCUT2D eigenvalue weighted by Gasteiger charge is 2.29. The highest BCUT2D eigenvalue weighted by Crippen LogP contribution is 2.46. The Bertz CT molecular complexity index is 1670. The molecule has 2 heteroatoms. The van der Waals surface area contributed by atoms with E-state index in [9.17, 15) is 0 Å². The summed E-state index contributed by atoms with van der Waals surface area (Å²) in [6.45, 7) is 4.62. The predicted octanol–water partition coefficient (Wildman–Crippen LogP) is 11.5. The predicted molar refractivity (Wildman–Crippen MR) is 182 cm³/mol. The molecule has 1 heterocycles. The summed E-state index contributed by atoms with van der Waals surface area (Å²) in [5, 5.41) is 6.75. The fourth-order valence-electron chi connectivity index (χ4n) is 7.88. The van der Waals surface area contributed by atoms with Crippen LogP contribution in [-0.2, 0) is 0 Å². The van der Waals surface area contributed by atoms with Gasteiger partial charge in [0.25, 0.3) is 0 Å². The van der Waals surface area contributed by atoms with Crippen LogP contribution < -0.4 is 5.32 Å². The molecular weight excluding hydrogens is 520 g/mol. The molecule has 1 unspecified atom stereocenters. The maximum Gasteiger partial charge on any atom is 0.0943 e. The minimum Gasteiger partial charge on any atom is -0.372 e. The summed E-state index contributed by atoms with van der Waals surface area (Å²) in [7, 11) is 0. The molecule has 0 radical (unpaired) electrons. The number of hydrogen-bond acceptors (Lipinski definition) is 2. The van der Waals surface area contributed by atoms with Crippen molar-refractivity contribution in [3.8, 4) is 11.3 Å². The van der Waals surface area contributed by atoms with Gasteiger partial charge in [-0.05, 0) is 88.6 Å². The van der Waals surface area contributed by atoms with Crippen LogP contribution >= 0.6 is 0 Å². The fourth-order valence-corrected chi connectivity index (χ4v) is 7.88. The van der Waals surface area contributed by atoms with E-state index in [-0.39, 0.29) is 6.04 Å². The Morgan fingerprint density at radius 2 is 1.19 bits per heavy atom. The summed E-state index contributed by atoms with van der Waals surface area (Å²) in [4.78, 5) is 5.46. The number of hydrogen-bond donors (Lipinski definition) is 1. The number of anilines is 1. The van der Waals surface area contributed by atoms with Gasteiger partial charge in [0.15, 0.2) is 0 Å². The molecule has 0 amide bonds. The summed E-state index contributed by atoms with van der Waals surface area (Å²) in [6.07, 6.45) is 10.5. The number of aromatic nitrogens is 1. The summed E-state index contributed by atoms with van der Waals surface area (Å²) in [5.74, 6) is 1.70. The Balaban J connectivity index is 1.39. The lowest BCUT2D eigenvalue weighted by molar-refractivity contribution is 0.697. The van der Waals surface area contributed by atoms with Crippen molar-refractivity contribution in [3.63, 3.8) is 0 Å². The Morgan fingerprint density at radius 3 is 1.88 bits per heavy atom. The first kappa shape index (κ1) is 27.9. The Labute approximate surface area is 257 Å². The lowest BCUT2D eigenvalue weighted by Crippen LogP contribution is -2.19. The second kappa shape index (κ2) is 12.4. The van der Waals surface area contributed by atoms with Crippen molar-refractivity contribution in [1.29, 1.82) is 0 Å². The normalized spacial score (nSPS) is 16.7. The minimum atomic E-state index is -0.0452. The first-order valence-electron chi connectivity index (χ1n) is 16.6. The van der Waals surface area contributed by atoms with Crippen molar-refractivity contribution in [1.82, 2.24) is 4.98 Å². The van der Waals surface area contributed by atoms with Crippen molar-refractivity contribution in [2.75, 3.05) is 5.32 Å². The van der Waals surface area contributed by atoms with E-state index < -0.39 is 0 Å². The third-order valence-corrected chi connectivity index (χ3v) is 10.1. The quantitative estimate of drug-likeness (QED) is 0.203. The van der Waals surface area contributed by atoms with Gasteiger partial charge < -0.3 is 5.32 Å². The molecule has 7 rings (SSSR count). The number of nitrogens with one attached hydrogen (secondary N) is 1. The van der Waals surface area contributed by atoms with Crippen LogP contribution in [0.3, 0.4) is 0 Å². The molecule has 0 spiro atoms. The molecule has 2 fully saturated rings. The van der Waals surface area contributed by atoms with E-state index in [2.05, 4.69) is 122 Å². The van der Waals surface area contributed by atoms with Crippen LogP contribution in [0.5, 0.6) is 0 Å². The maximum absolute atomic E-state index is 5.46. The van der Waals surface area contributed by atoms with Crippen LogP contribution in [0, 0.1) is 0 Å². The summed E-state index contributed by atoms with van der Waals surface area (Å²) in [6, 6.07) is 38.0. The molecule has 2 nitrogen and oxygen atoms in total. The molecule has 0 bridgehead atoms. The van der Waals surface area contributed by atoms with E-state index in [0.29, 0.717) is 17.8 Å². The molecule has 4 aromatic carbocycles. The first-order valence-corrected chi connectivity index (χ1v) is 16.6. The van der Waals surface area contributed by atoms with Crippen molar-refractivity contribution < 1.29 is 0 Å². The van der Waals surface area contributed by atoms with E-state index >= 15 is 0 Å². The Hall–Kier alpha value is -3.91.